The monoisotopic (exact) mass is 431 g/mol. The number of carbonyl (C=O) groups is 2. The summed E-state index contributed by atoms with van der Waals surface area (Å²) in [6, 6.07) is 3.00. The molecule has 31 heavy (non-hydrogen) atoms. The van der Waals surface area contributed by atoms with Crippen molar-refractivity contribution in [2.45, 2.75) is 49.6 Å². The summed E-state index contributed by atoms with van der Waals surface area (Å²) in [7, 11) is 0. The lowest BCUT2D eigenvalue weighted by Crippen LogP contribution is -2.39. The smallest absolute Gasteiger partial charge is 0.463 e. The highest BCUT2D eigenvalue weighted by Crippen LogP contribution is 2.46. The summed E-state index contributed by atoms with van der Waals surface area (Å²) in [5.74, 6) is -1.45. The Morgan fingerprint density at radius 3 is 2.94 bits per heavy atom. The summed E-state index contributed by atoms with van der Waals surface area (Å²) in [6.07, 6.45) is 0.289. The number of hydrogen-bond acceptors (Lipinski definition) is 10. The highest BCUT2D eigenvalue weighted by Gasteiger charge is 2.66. The highest BCUT2D eigenvalue weighted by molar-refractivity contribution is 5.72. The third-order valence-corrected chi connectivity index (χ3v) is 6.02. The van der Waals surface area contributed by atoms with E-state index in [1.807, 2.05) is 6.07 Å². The van der Waals surface area contributed by atoms with Gasteiger partial charge in [0, 0.05) is 6.07 Å². The first-order valence-electron chi connectivity index (χ1n) is 9.86. The minimum absolute atomic E-state index is 0.0467. The second-order valence-electron chi connectivity index (χ2n) is 7.77. The maximum Gasteiger partial charge on any atom is 0.509 e. The minimum Gasteiger partial charge on any atom is -0.463 e. The Morgan fingerprint density at radius 1 is 1.42 bits per heavy atom. The molecule has 3 aliphatic rings. The van der Waals surface area contributed by atoms with Crippen LogP contribution in [0.2, 0.25) is 0 Å². The second kappa shape index (κ2) is 7.05. The van der Waals surface area contributed by atoms with Crippen LogP contribution in [0.5, 0.6) is 0 Å². The summed E-state index contributed by atoms with van der Waals surface area (Å²) in [5.41, 5.74) is 3.59. The Bertz CT molecular complexity index is 1110. The van der Waals surface area contributed by atoms with Gasteiger partial charge in [-0.15, -0.1) is 0 Å². The van der Waals surface area contributed by atoms with E-state index in [4.69, 9.17) is 24.7 Å². The maximum absolute atomic E-state index is 14.6. The number of fused-ring (bicyclic) bond motifs is 2. The van der Waals surface area contributed by atoms with Crippen LogP contribution in [0, 0.1) is 23.1 Å². The number of nitrogens with two attached hydrogens (primary N) is 1. The number of ether oxygens (including phenoxy) is 4. The van der Waals surface area contributed by atoms with E-state index in [2.05, 4.69) is 10.1 Å². The van der Waals surface area contributed by atoms with Crippen LogP contribution < -0.4 is 5.73 Å². The molecule has 2 aliphatic heterocycles. The second-order valence-corrected chi connectivity index (χ2v) is 7.77. The molecule has 0 radical (unpaired) electrons. The first-order valence-corrected chi connectivity index (χ1v) is 9.86. The van der Waals surface area contributed by atoms with Gasteiger partial charge in [-0.05, 0) is 12.8 Å². The summed E-state index contributed by atoms with van der Waals surface area (Å²) >= 11 is 0. The van der Waals surface area contributed by atoms with E-state index in [0.717, 1.165) is 42.6 Å². The van der Waals surface area contributed by atoms with Gasteiger partial charge in [0.05, 0.1) is 11.6 Å². The standard InChI is InChI=1S/C19H18FN5O6/c20-10-5-12(25-13(10)16(22)23-8-24-25)19(7-21)15-14(29-18(27)30-15)11(31-19)6-28-17(26)9-3-1-2-4-9/h5,8-9,11,14-15H,1-4,6H2,(H2,22,23,24)/t11-,14-,15-,19+/m1/s1. The van der Waals surface area contributed by atoms with Gasteiger partial charge < -0.3 is 24.7 Å². The summed E-state index contributed by atoms with van der Waals surface area (Å²) < 4.78 is 37.4. The maximum atomic E-state index is 14.6. The van der Waals surface area contributed by atoms with Gasteiger partial charge in [0.15, 0.2) is 23.8 Å². The molecule has 2 aromatic rings. The van der Waals surface area contributed by atoms with E-state index >= 15 is 0 Å². The molecule has 2 saturated heterocycles. The van der Waals surface area contributed by atoms with Crippen molar-refractivity contribution >= 4 is 23.5 Å². The van der Waals surface area contributed by atoms with Crippen molar-refractivity contribution in [2.75, 3.05) is 12.3 Å². The number of nitriles is 1. The first-order chi connectivity index (χ1) is 14.9. The third-order valence-electron chi connectivity index (χ3n) is 6.02. The number of anilines is 1. The van der Waals surface area contributed by atoms with Gasteiger partial charge in [0.1, 0.15) is 30.6 Å². The van der Waals surface area contributed by atoms with Gasteiger partial charge in [-0.3, -0.25) is 4.79 Å². The van der Waals surface area contributed by atoms with Crippen LogP contribution in [0.15, 0.2) is 12.4 Å². The Hall–Kier alpha value is -3.46. The predicted molar refractivity (Wildman–Crippen MR) is 97.6 cm³/mol. The number of rotatable bonds is 4. The van der Waals surface area contributed by atoms with Crippen molar-refractivity contribution in [3.63, 3.8) is 0 Å². The minimum atomic E-state index is -1.96. The number of halogens is 1. The molecule has 1 saturated carbocycles. The summed E-state index contributed by atoms with van der Waals surface area (Å²) in [6.45, 7) is -0.251. The van der Waals surface area contributed by atoms with Crippen LogP contribution in [-0.4, -0.2) is 51.6 Å². The van der Waals surface area contributed by atoms with Crippen molar-refractivity contribution < 1.29 is 32.9 Å². The molecular formula is C19H18FN5O6. The Morgan fingerprint density at radius 2 is 2.19 bits per heavy atom. The van der Waals surface area contributed by atoms with Crippen LogP contribution in [0.25, 0.3) is 5.52 Å². The zero-order valence-corrected chi connectivity index (χ0v) is 16.2. The largest absolute Gasteiger partial charge is 0.509 e. The number of esters is 1. The highest BCUT2D eigenvalue weighted by atomic mass is 19.1. The summed E-state index contributed by atoms with van der Waals surface area (Å²) in [4.78, 5) is 27.9. The van der Waals surface area contributed by atoms with Crippen molar-refractivity contribution in [1.82, 2.24) is 14.6 Å². The van der Waals surface area contributed by atoms with Gasteiger partial charge in [-0.25, -0.2) is 18.7 Å². The fourth-order valence-electron chi connectivity index (χ4n) is 4.54. The molecule has 12 heteroatoms. The van der Waals surface area contributed by atoms with Crippen molar-refractivity contribution in [1.29, 1.82) is 5.26 Å². The van der Waals surface area contributed by atoms with E-state index in [1.54, 1.807) is 0 Å². The van der Waals surface area contributed by atoms with E-state index < -0.39 is 35.9 Å². The molecule has 0 bridgehead atoms. The number of nitrogens with zero attached hydrogens (tertiary/aromatic N) is 4. The molecule has 2 aromatic heterocycles. The van der Waals surface area contributed by atoms with E-state index in [0.29, 0.717) is 0 Å². The Labute approximate surface area is 174 Å². The predicted octanol–water partition coefficient (Wildman–Crippen LogP) is 1.21. The SMILES string of the molecule is N#C[C@@]1(c2cc(F)c3c(N)ncnn23)O[C@H](COC(=O)C2CCCC2)[C@H]2OC(=O)O[C@H]21. The van der Waals surface area contributed by atoms with Crippen LogP contribution in [0.3, 0.4) is 0 Å². The zero-order chi connectivity index (χ0) is 21.8. The zero-order valence-electron chi connectivity index (χ0n) is 16.2. The molecule has 0 aromatic carbocycles. The molecule has 3 fully saturated rings. The summed E-state index contributed by atoms with van der Waals surface area (Å²) in [5, 5.41) is 14.0. The molecule has 0 spiro atoms. The van der Waals surface area contributed by atoms with E-state index in [-0.39, 0.29) is 35.5 Å². The van der Waals surface area contributed by atoms with Crippen LogP contribution in [-0.2, 0) is 29.3 Å². The van der Waals surface area contributed by atoms with Gasteiger partial charge >= 0.3 is 12.1 Å². The van der Waals surface area contributed by atoms with Gasteiger partial charge in [0.2, 0.25) is 5.60 Å². The molecule has 11 nitrogen and oxygen atoms in total. The molecule has 4 heterocycles. The fourth-order valence-corrected chi connectivity index (χ4v) is 4.54. The van der Waals surface area contributed by atoms with E-state index in [1.165, 1.54) is 0 Å². The topological polar surface area (TPSA) is 151 Å². The first kappa shape index (κ1) is 19.5. The molecular weight excluding hydrogens is 413 g/mol. The van der Waals surface area contributed by atoms with Crippen molar-refractivity contribution in [3.8, 4) is 6.07 Å². The van der Waals surface area contributed by atoms with Gasteiger partial charge in [-0.2, -0.15) is 10.4 Å². The fraction of sp³-hybridized carbons (Fsp3) is 0.526. The Balaban J connectivity index is 1.49. The molecule has 4 atom stereocenters. The molecule has 0 amide bonds. The lowest BCUT2D eigenvalue weighted by molar-refractivity contribution is -0.156. The molecule has 0 unspecified atom stereocenters. The Kier molecular flexibility index (Phi) is 4.44. The lowest BCUT2D eigenvalue weighted by atomic mass is 9.92. The van der Waals surface area contributed by atoms with E-state index in [9.17, 15) is 19.2 Å². The average molecular weight is 431 g/mol. The third kappa shape index (κ3) is 2.88. The number of carbonyl (C=O) groups excluding carboxylic acids is 2. The van der Waals surface area contributed by atoms with Crippen molar-refractivity contribution in [3.05, 3.63) is 23.9 Å². The quantitative estimate of drug-likeness (QED) is 0.699. The average Bonchev–Trinajstić information content (AvgIpc) is 3.51. The number of nitrogen functional groups attached to an aromatic ring is 1. The van der Waals surface area contributed by atoms with Gasteiger partial charge in [0.25, 0.3) is 0 Å². The number of aromatic nitrogens is 3. The van der Waals surface area contributed by atoms with Crippen LogP contribution in [0.4, 0.5) is 15.0 Å². The molecule has 162 valence electrons. The van der Waals surface area contributed by atoms with Crippen molar-refractivity contribution in [2.24, 2.45) is 5.92 Å². The van der Waals surface area contributed by atoms with Crippen LogP contribution >= 0.6 is 0 Å². The molecule has 2 N–H and O–H groups in total. The molecule has 5 rings (SSSR count). The van der Waals surface area contributed by atoms with Gasteiger partial charge in [-0.1, -0.05) is 12.8 Å². The molecule has 1 aliphatic carbocycles. The van der Waals surface area contributed by atoms with Crippen LogP contribution in [0.1, 0.15) is 31.4 Å². The normalized spacial score (nSPS) is 30.1. The lowest BCUT2D eigenvalue weighted by Gasteiger charge is -2.24. The number of hydrogen-bond donors (Lipinski definition) is 1.